The highest BCUT2D eigenvalue weighted by atomic mass is 127. The van der Waals surface area contributed by atoms with E-state index in [2.05, 4.69) is 21.7 Å². The summed E-state index contributed by atoms with van der Waals surface area (Å²) in [4.78, 5) is 4.64. The molecule has 0 saturated carbocycles. The molecule has 0 aliphatic rings. The number of benzene rings is 2. The smallest absolute Gasteiger partial charge is 0.195 e. The third kappa shape index (κ3) is 7.16. The lowest BCUT2D eigenvalue weighted by Gasteiger charge is -2.14. The summed E-state index contributed by atoms with van der Waals surface area (Å²) in [6.07, 6.45) is 0.833. The maximum atomic E-state index is 5.34. The molecule has 0 atom stereocenters. The van der Waals surface area contributed by atoms with E-state index in [1.807, 2.05) is 43.3 Å². The molecule has 0 heterocycles. The monoisotopic (exact) mass is 485 g/mol. The second kappa shape index (κ2) is 12.3. The fraction of sp³-hybridized carbons (Fsp3) is 0.350. The first-order valence-corrected chi connectivity index (χ1v) is 8.60. The van der Waals surface area contributed by atoms with Gasteiger partial charge in [-0.05, 0) is 43.2 Å². The number of halogens is 1. The molecule has 2 rings (SSSR count). The summed E-state index contributed by atoms with van der Waals surface area (Å²) in [5, 5.41) is 6.54. The standard InChI is InChI=1S/C20H27N3O3.HI/c1-5-21-20(22-12-11-15-7-6-8-17(13-15)24-2)23-16-9-10-18(25-3)19(14-16)26-4;/h6-10,13-14H,5,11-12H2,1-4H3,(H2,21,22,23);1H. The van der Waals surface area contributed by atoms with Gasteiger partial charge in [0.2, 0.25) is 0 Å². The molecule has 0 radical (unpaired) electrons. The van der Waals surface area contributed by atoms with Gasteiger partial charge >= 0.3 is 0 Å². The largest absolute Gasteiger partial charge is 0.497 e. The molecule has 6 nitrogen and oxygen atoms in total. The Hall–Kier alpha value is -2.16. The number of hydrogen-bond acceptors (Lipinski definition) is 4. The molecule has 0 amide bonds. The van der Waals surface area contributed by atoms with E-state index in [1.165, 1.54) is 5.56 Å². The molecule has 0 aliphatic carbocycles. The number of nitrogens with one attached hydrogen (secondary N) is 2. The topological polar surface area (TPSA) is 64.1 Å². The molecular formula is C20H28IN3O3. The first-order valence-electron chi connectivity index (χ1n) is 8.60. The maximum absolute atomic E-state index is 5.34. The highest BCUT2D eigenvalue weighted by Gasteiger charge is 2.06. The fourth-order valence-corrected chi connectivity index (χ4v) is 2.48. The van der Waals surface area contributed by atoms with E-state index >= 15 is 0 Å². The van der Waals surface area contributed by atoms with Crippen molar-refractivity contribution in [1.29, 1.82) is 0 Å². The van der Waals surface area contributed by atoms with Crippen LogP contribution in [0.3, 0.4) is 0 Å². The number of nitrogens with zero attached hydrogens (tertiary/aromatic N) is 1. The number of anilines is 1. The molecule has 0 aliphatic heterocycles. The summed E-state index contributed by atoms with van der Waals surface area (Å²) in [5.74, 6) is 2.95. The van der Waals surface area contributed by atoms with Gasteiger partial charge in [-0.3, -0.25) is 4.99 Å². The van der Waals surface area contributed by atoms with Gasteiger partial charge in [-0.1, -0.05) is 12.1 Å². The molecule has 0 spiro atoms. The van der Waals surface area contributed by atoms with Crippen molar-refractivity contribution in [2.75, 3.05) is 39.7 Å². The van der Waals surface area contributed by atoms with E-state index in [0.717, 1.165) is 30.4 Å². The summed E-state index contributed by atoms with van der Waals surface area (Å²) < 4.78 is 15.9. The molecule has 0 saturated heterocycles. The number of methoxy groups -OCH3 is 3. The van der Waals surface area contributed by atoms with Crippen LogP contribution in [0.15, 0.2) is 47.5 Å². The molecule has 2 aromatic carbocycles. The van der Waals surface area contributed by atoms with E-state index in [1.54, 1.807) is 21.3 Å². The summed E-state index contributed by atoms with van der Waals surface area (Å²) in [7, 11) is 4.91. The predicted molar refractivity (Wildman–Crippen MR) is 121 cm³/mol. The Bertz CT molecular complexity index is 738. The van der Waals surface area contributed by atoms with Crippen LogP contribution in [-0.2, 0) is 6.42 Å². The SMILES string of the molecule is CCNC(=NCCc1cccc(OC)c1)Nc1ccc(OC)c(OC)c1.I. The fourth-order valence-electron chi connectivity index (χ4n) is 2.48. The molecular weight excluding hydrogens is 457 g/mol. The highest BCUT2D eigenvalue weighted by molar-refractivity contribution is 14.0. The zero-order chi connectivity index (χ0) is 18.8. The second-order valence-electron chi connectivity index (χ2n) is 5.56. The molecule has 27 heavy (non-hydrogen) atoms. The van der Waals surface area contributed by atoms with Crippen molar-refractivity contribution >= 4 is 35.6 Å². The summed E-state index contributed by atoms with van der Waals surface area (Å²) in [5.41, 5.74) is 2.07. The Labute approximate surface area is 178 Å². The minimum absolute atomic E-state index is 0. The van der Waals surface area contributed by atoms with Crippen molar-refractivity contribution in [2.45, 2.75) is 13.3 Å². The van der Waals surface area contributed by atoms with Crippen LogP contribution in [0.25, 0.3) is 0 Å². The quantitative estimate of drug-likeness (QED) is 0.337. The van der Waals surface area contributed by atoms with Gasteiger partial charge in [-0.15, -0.1) is 24.0 Å². The summed E-state index contributed by atoms with van der Waals surface area (Å²) in [6, 6.07) is 13.7. The summed E-state index contributed by atoms with van der Waals surface area (Å²) in [6.45, 7) is 3.47. The molecule has 148 valence electrons. The zero-order valence-corrected chi connectivity index (χ0v) is 18.6. The minimum atomic E-state index is 0. The third-order valence-electron chi connectivity index (χ3n) is 3.80. The van der Waals surface area contributed by atoms with Crippen LogP contribution in [-0.4, -0.2) is 40.4 Å². The van der Waals surface area contributed by atoms with Crippen LogP contribution in [0.5, 0.6) is 17.2 Å². The Morgan fingerprint density at radius 1 is 0.963 bits per heavy atom. The van der Waals surface area contributed by atoms with E-state index in [9.17, 15) is 0 Å². The first kappa shape index (κ1) is 22.9. The van der Waals surface area contributed by atoms with Crippen LogP contribution < -0.4 is 24.8 Å². The molecule has 0 fully saturated rings. The average Bonchev–Trinajstić information content (AvgIpc) is 2.68. The Balaban J connectivity index is 0.00000364. The van der Waals surface area contributed by atoms with E-state index in [4.69, 9.17) is 14.2 Å². The molecule has 0 unspecified atom stereocenters. The van der Waals surface area contributed by atoms with Gasteiger partial charge in [-0.25, -0.2) is 0 Å². The third-order valence-corrected chi connectivity index (χ3v) is 3.80. The Morgan fingerprint density at radius 3 is 2.41 bits per heavy atom. The van der Waals surface area contributed by atoms with Crippen LogP contribution in [0.2, 0.25) is 0 Å². The van der Waals surface area contributed by atoms with E-state index < -0.39 is 0 Å². The molecule has 2 aromatic rings. The Morgan fingerprint density at radius 2 is 1.74 bits per heavy atom. The number of aliphatic imine (C=N–C) groups is 1. The van der Waals surface area contributed by atoms with Crippen molar-refractivity contribution < 1.29 is 14.2 Å². The number of ether oxygens (including phenoxy) is 3. The van der Waals surface area contributed by atoms with Crippen molar-refractivity contribution in [3.63, 3.8) is 0 Å². The minimum Gasteiger partial charge on any atom is -0.497 e. The van der Waals surface area contributed by atoms with Crippen LogP contribution >= 0.6 is 24.0 Å². The lowest BCUT2D eigenvalue weighted by atomic mass is 10.1. The average molecular weight is 485 g/mol. The van der Waals surface area contributed by atoms with Crippen molar-refractivity contribution in [3.05, 3.63) is 48.0 Å². The van der Waals surface area contributed by atoms with E-state index in [-0.39, 0.29) is 24.0 Å². The van der Waals surface area contributed by atoms with Gasteiger partial charge < -0.3 is 24.8 Å². The van der Waals surface area contributed by atoms with Gasteiger partial charge in [0.1, 0.15) is 5.75 Å². The van der Waals surface area contributed by atoms with Crippen molar-refractivity contribution in [1.82, 2.24) is 5.32 Å². The lowest BCUT2D eigenvalue weighted by molar-refractivity contribution is 0.355. The number of guanidine groups is 1. The van der Waals surface area contributed by atoms with Gasteiger partial charge in [-0.2, -0.15) is 0 Å². The van der Waals surface area contributed by atoms with Crippen molar-refractivity contribution in [3.8, 4) is 17.2 Å². The van der Waals surface area contributed by atoms with Crippen LogP contribution in [0, 0.1) is 0 Å². The van der Waals surface area contributed by atoms with Crippen LogP contribution in [0.1, 0.15) is 12.5 Å². The normalized spacial score (nSPS) is 10.6. The van der Waals surface area contributed by atoms with E-state index in [0.29, 0.717) is 18.0 Å². The lowest BCUT2D eigenvalue weighted by Crippen LogP contribution is -2.30. The van der Waals surface area contributed by atoms with Crippen molar-refractivity contribution in [2.24, 2.45) is 4.99 Å². The molecule has 7 heteroatoms. The maximum Gasteiger partial charge on any atom is 0.195 e. The number of hydrogen-bond donors (Lipinski definition) is 2. The predicted octanol–water partition coefficient (Wildman–Crippen LogP) is 3.95. The second-order valence-corrected chi connectivity index (χ2v) is 5.56. The van der Waals surface area contributed by atoms with Gasteiger partial charge in [0.25, 0.3) is 0 Å². The molecule has 0 bridgehead atoms. The molecule has 2 N–H and O–H groups in total. The number of rotatable bonds is 8. The highest BCUT2D eigenvalue weighted by Crippen LogP contribution is 2.29. The van der Waals surface area contributed by atoms with Gasteiger partial charge in [0, 0.05) is 24.8 Å². The van der Waals surface area contributed by atoms with Gasteiger partial charge in [0.15, 0.2) is 17.5 Å². The Kier molecular flexibility index (Phi) is 10.4. The zero-order valence-electron chi connectivity index (χ0n) is 16.2. The molecule has 0 aromatic heterocycles. The van der Waals surface area contributed by atoms with Gasteiger partial charge in [0.05, 0.1) is 21.3 Å². The first-order chi connectivity index (χ1) is 12.7. The summed E-state index contributed by atoms with van der Waals surface area (Å²) >= 11 is 0. The van der Waals surface area contributed by atoms with Crippen LogP contribution in [0.4, 0.5) is 5.69 Å².